The van der Waals surface area contributed by atoms with Gasteiger partial charge in [-0.3, -0.25) is 4.79 Å². The van der Waals surface area contributed by atoms with Crippen LogP contribution in [0.2, 0.25) is 0 Å². The molecular formula is C15H18O4. The van der Waals surface area contributed by atoms with Crippen molar-refractivity contribution in [1.29, 1.82) is 0 Å². The van der Waals surface area contributed by atoms with Crippen molar-refractivity contribution in [3.63, 3.8) is 0 Å². The van der Waals surface area contributed by atoms with Crippen LogP contribution in [0.15, 0.2) is 12.2 Å². The third-order valence-electron chi connectivity index (χ3n) is 7.20. The van der Waals surface area contributed by atoms with Gasteiger partial charge < -0.3 is 14.2 Å². The lowest BCUT2D eigenvalue weighted by atomic mass is 9.66. The molecule has 0 radical (unpaired) electrons. The number of carbonyl (C=O) groups is 1. The molecule has 2 aliphatic carbocycles. The van der Waals surface area contributed by atoms with Gasteiger partial charge >= 0.3 is 5.97 Å². The highest BCUT2D eigenvalue weighted by Crippen LogP contribution is 2.80. The number of rotatable bonds is 0. The highest BCUT2D eigenvalue weighted by Gasteiger charge is 2.87. The van der Waals surface area contributed by atoms with Crippen molar-refractivity contribution in [3.05, 3.63) is 12.2 Å². The van der Waals surface area contributed by atoms with Crippen LogP contribution in [0.4, 0.5) is 0 Å². The van der Waals surface area contributed by atoms with Crippen LogP contribution in [0.5, 0.6) is 0 Å². The van der Waals surface area contributed by atoms with E-state index in [4.69, 9.17) is 14.2 Å². The number of esters is 1. The zero-order chi connectivity index (χ0) is 13.4. The molecule has 5 fully saturated rings. The minimum Gasteiger partial charge on any atom is -0.432 e. The lowest BCUT2D eigenvalue weighted by Crippen LogP contribution is -2.47. The highest BCUT2D eigenvalue weighted by atomic mass is 16.8. The first-order valence-electron chi connectivity index (χ1n) is 7.10. The summed E-state index contributed by atoms with van der Waals surface area (Å²) in [4.78, 5) is 12.5. The molecule has 5 rings (SSSR count). The standard InChI is InChI=1S/C15H18O4/c1-6-8-5-13(3)7(2)15(11(17-8)14(6,13)4)9-10(18-9)19-12(15)16/h6,8-11H,2,5H2,1,3-4H3. The van der Waals surface area contributed by atoms with Gasteiger partial charge in [0.15, 0.2) is 0 Å². The fourth-order valence-electron chi connectivity index (χ4n) is 5.72. The third-order valence-corrected chi connectivity index (χ3v) is 7.20. The van der Waals surface area contributed by atoms with E-state index in [-0.39, 0.29) is 41.4 Å². The van der Waals surface area contributed by atoms with Crippen LogP contribution in [0.25, 0.3) is 0 Å². The van der Waals surface area contributed by atoms with Crippen molar-refractivity contribution in [1.82, 2.24) is 0 Å². The molecule has 4 nitrogen and oxygen atoms in total. The van der Waals surface area contributed by atoms with E-state index in [1.807, 2.05) is 0 Å². The monoisotopic (exact) mass is 262 g/mol. The fraction of sp³-hybridized carbons (Fsp3) is 0.800. The van der Waals surface area contributed by atoms with E-state index >= 15 is 0 Å². The van der Waals surface area contributed by atoms with Gasteiger partial charge in [0.2, 0.25) is 6.29 Å². The summed E-state index contributed by atoms with van der Waals surface area (Å²) in [6, 6.07) is 0. The van der Waals surface area contributed by atoms with Crippen molar-refractivity contribution in [2.24, 2.45) is 22.2 Å². The average molecular weight is 262 g/mol. The van der Waals surface area contributed by atoms with Crippen LogP contribution < -0.4 is 0 Å². The molecule has 0 aromatic heterocycles. The van der Waals surface area contributed by atoms with Crippen LogP contribution in [0.1, 0.15) is 27.2 Å². The summed E-state index contributed by atoms with van der Waals surface area (Å²) in [5, 5.41) is 0. The Kier molecular flexibility index (Phi) is 1.44. The molecule has 4 heteroatoms. The van der Waals surface area contributed by atoms with E-state index in [0.29, 0.717) is 5.92 Å². The molecule has 2 bridgehead atoms. The van der Waals surface area contributed by atoms with Gasteiger partial charge in [-0.1, -0.05) is 27.4 Å². The van der Waals surface area contributed by atoms with Gasteiger partial charge in [0.1, 0.15) is 11.5 Å². The number of ether oxygens (including phenoxy) is 3. The summed E-state index contributed by atoms with van der Waals surface area (Å²) in [6.07, 6.45) is 0.555. The predicted molar refractivity (Wildman–Crippen MR) is 65.0 cm³/mol. The third kappa shape index (κ3) is 0.733. The summed E-state index contributed by atoms with van der Waals surface area (Å²) >= 11 is 0. The Morgan fingerprint density at radius 3 is 2.58 bits per heavy atom. The van der Waals surface area contributed by atoms with Crippen LogP contribution in [-0.2, 0) is 19.0 Å². The van der Waals surface area contributed by atoms with Crippen molar-refractivity contribution in [2.75, 3.05) is 0 Å². The number of fused-ring (bicyclic) bond motifs is 4. The van der Waals surface area contributed by atoms with Crippen LogP contribution in [-0.4, -0.2) is 30.6 Å². The second-order valence-electron chi connectivity index (χ2n) is 7.34. The Balaban J connectivity index is 1.80. The molecule has 8 unspecified atom stereocenters. The minimum absolute atomic E-state index is 0.0331. The van der Waals surface area contributed by atoms with Gasteiger partial charge in [-0.05, 0) is 17.9 Å². The molecule has 0 aromatic rings. The van der Waals surface area contributed by atoms with Gasteiger partial charge in [-0.2, -0.15) is 0 Å². The van der Waals surface area contributed by atoms with Crippen LogP contribution in [0.3, 0.4) is 0 Å². The molecule has 1 spiro atoms. The fourth-order valence-corrected chi connectivity index (χ4v) is 5.72. The van der Waals surface area contributed by atoms with Gasteiger partial charge in [-0.15, -0.1) is 0 Å². The summed E-state index contributed by atoms with van der Waals surface area (Å²) in [6.45, 7) is 11.1. The molecule has 0 amide bonds. The number of hydrogen-bond acceptors (Lipinski definition) is 4. The number of epoxide rings is 1. The molecule has 3 aliphatic heterocycles. The molecule has 0 N–H and O–H groups in total. The normalized spacial score (nSPS) is 67.8. The first-order chi connectivity index (χ1) is 8.88. The lowest BCUT2D eigenvalue weighted by molar-refractivity contribution is -0.166. The highest BCUT2D eigenvalue weighted by molar-refractivity contribution is 5.88. The van der Waals surface area contributed by atoms with Crippen molar-refractivity contribution < 1.29 is 19.0 Å². The molecule has 3 saturated heterocycles. The molecule has 0 aromatic carbocycles. The maximum atomic E-state index is 12.5. The topological polar surface area (TPSA) is 48.1 Å². The van der Waals surface area contributed by atoms with E-state index in [9.17, 15) is 4.79 Å². The Labute approximate surface area is 112 Å². The molecule has 19 heavy (non-hydrogen) atoms. The molecular weight excluding hydrogens is 244 g/mol. The van der Waals surface area contributed by atoms with Gasteiger partial charge in [0.05, 0.1) is 12.2 Å². The quantitative estimate of drug-likeness (QED) is 0.378. The first kappa shape index (κ1) is 10.9. The van der Waals surface area contributed by atoms with E-state index in [1.54, 1.807) is 0 Å². The minimum atomic E-state index is -0.742. The van der Waals surface area contributed by atoms with Crippen LogP contribution >= 0.6 is 0 Å². The molecule has 2 saturated carbocycles. The molecule has 5 aliphatic rings. The predicted octanol–water partition coefficient (Wildman–Crippen LogP) is 1.64. The average Bonchev–Trinajstić information content (AvgIpc) is 2.93. The Bertz CT molecular complexity index is 556. The summed E-state index contributed by atoms with van der Waals surface area (Å²) < 4.78 is 17.2. The van der Waals surface area contributed by atoms with Crippen molar-refractivity contribution in [2.45, 2.75) is 51.8 Å². The van der Waals surface area contributed by atoms with Gasteiger partial charge in [-0.25, -0.2) is 0 Å². The zero-order valence-electron chi connectivity index (χ0n) is 11.4. The van der Waals surface area contributed by atoms with E-state index in [2.05, 4.69) is 27.4 Å². The largest absolute Gasteiger partial charge is 0.432 e. The van der Waals surface area contributed by atoms with E-state index in [0.717, 1.165) is 12.0 Å². The SMILES string of the molecule is C=C1C2(C(=O)OC3OC32)C2OC3CC1(C)C2(C)C3C. The summed E-state index contributed by atoms with van der Waals surface area (Å²) in [5.41, 5.74) is 0.177. The zero-order valence-corrected chi connectivity index (χ0v) is 11.4. The van der Waals surface area contributed by atoms with E-state index in [1.165, 1.54) is 0 Å². The van der Waals surface area contributed by atoms with Crippen molar-refractivity contribution >= 4 is 5.97 Å². The first-order valence-corrected chi connectivity index (χ1v) is 7.10. The molecule has 102 valence electrons. The Morgan fingerprint density at radius 2 is 2.05 bits per heavy atom. The maximum absolute atomic E-state index is 12.5. The summed E-state index contributed by atoms with van der Waals surface area (Å²) in [7, 11) is 0. The second-order valence-corrected chi connectivity index (χ2v) is 7.34. The van der Waals surface area contributed by atoms with E-state index < -0.39 is 5.41 Å². The molecule has 3 heterocycles. The Morgan fingerprint density at radius 1 is 1.32 bits per heavy atom. The number of hydrogen-bond donors (Lipinski definition) is 0. The molecule has 8 atom stereocenters. The Hall–Kier alpha value is -0.870. The number of carbonyl (C=O) groups excluding carboxylic acids is 1. The maximum Gasteiger partial charge on any atom is 0.324 e. The smallest absolute Gasteiger partial charge is 0.324 e. The van der Waals surface area contributed by atoms with Crippen LogP contribution in [0, 0.1) is 22.2 Å². The van der Waals surface area contributed by atoms with Crippen molar-refractivity contribution in [3.8, 4) is 0 Å². The summed E-state index contributed by atoms with van der Waals surface area (Å²) in [5.74, 6) is 0.276. The van der Waals surface area contributed by atoms with Gasteiger partial charge in [0.25, 0.3) is 0 Å². The van der Waals surface area contributed by atoms with Gasteiger partial charge in [0, 0.05) is 10.8 Å². The second kappa shape index (κ2) is 2.51. The lowest BCUT2D eigenvalue weighted by Gasteiger charge is -2.39.